The van der Waals surface area contributed by atoms with Crippen molar-refractivity contribution in [2.75, 3.05) is 22.6 Å². The van der Waals surface area contributed by atoms with Gasteiger partial charge in [-0.1, -0.05) is 39.8 Å². The summed E-state index contributed by atoms with van der Waals surface area (Å²) in [6.07, 6.45) is 0. The molecule has 1 aliphatic rings. The third kappa shape index (κ3) is 4.51. The molecule has 1 atom stereocenters. The number of halogens is 1. The Balaban J connectivity index is 1.45. The van der Waals surface area contributed by atoms with Crippen LogP contribution < -0.4 is 15.0 Å². The lowest BCUT2D eigenvalue weighted by molar-refractivity contribution is -0.121. The van der Waals surface area contributed by atoms with Crippen LogP contribution in [0.25, 0.3) is 0 Å². The van der Waals surface area contributed by atoms with Gasteiger partial charge in [0, 0.05) is 17.2 Å². The summed E-state index contributed by atoms with van der Waals surface area (Å²) in [6, 6.07) is 12.8. The van der Waals surface area contributed by atoms with Crippen molar-refractivity contribution in [3.8, 4) is 5.75 Å². The van der Waals surface area contributed by atoms with Gasteiger partial charge in [-0.15, -0.1) is 10.2 Å². The zero-order chi connectivity index (χ0) is 22.8. The van der Waals surface area contributed by atoms with Crippen LogP contribution >= 0.6 is 27.7 Å². The van der Waals surface area contributed by atoms with Crippen LogP contribution in [0.1, 0.15) is 24.4 Å². The molecule has 10 heteroatoms. The lowest BCUT2D eigenvalue weighted by Gasteiger charge is -2.33. The number of nitrogens with one attached hydrogen (secondary N) is 1. The maximum atomic E-state index is 12.6. The molecule has 1 aliphatic heterocycles. The Kier molecular flexibility index (Phi) is 6.52. The van der Waals surface area contributed by atoms with Crippen molar-refractivity contribution in [3.05, 3.63) is 58.3 Å². The molecule has 1 N–H and O–H groups in total. The zero-order valence-electron chi connectivity index (χ0n) is 17.8. The molecule has 3 aromatic rings. The zero-order valence-corrected chi connectivity index (χ0v) is 20.2. The summed E-state index contributed by atoms with van der Waals surface area (Å²) in [6.45, 7) is 3.83. The van der Waals surface area contributed by atoms with Crippen LogP contribution in [-0.4, -0.2) is 38.9 Å². The topological polar surface area (TPSA) is 89.3 Å². The molecule has 0 aliphatic carbocycles. The van der Waals surface area contributed by atoms with Gasteiger partial charge in [-0.3, -0.25) is 14.5 Å². The molecule has 0 saturated heterocycles. The van der Waals surface area contributed by atoms with E-state index in [1.165, 1.54) is 11.8 Å². The van der Waals surface area contributed by atoms with E-state index in [0.29, 0.717) is 22.4 Å². The fourth-order valence-electron chi connectivity index (χ4n) is 3.56. The summed E-state index contributed by atoms with van der Waals surface area (Å²) >= 11 is 4.72. The third-order valence-corrected chi connectivity index (χ3v) is 6.68. The Hall–Kier alpha value is -2.85. The Bertz CT molecular complexity index is 1180. The molecule has 1 aromatic heterocycles. The molecule has 0 fully saturated rings. The van der Waals surface area contributed by atoms with Crippen molar-refractivity contribution >= 4 is 50.9 Å². The number of fused-ring (bicyclic) bond motifs is 1. The molecule has 0 bridgehead atoms. The number of carbonyl (C=O) groups excluding carboxylic acids is 2. The van der Waals surface area contributed by atoms with Crippen molar-refractivity contribution in [1.82, 2.24) is 14.8 Å². The molecule has 2 aromatic carbocycles. The number of amides is 2. The average Bonchev–Trinajstić information content (AvgIpc) is 3.14. The van der Waals surface area contributed by atoms with E-state index < -0.39 is 0 Å². The van der Waals surface area contributed by atoms with Crippen LogP contribution in [0.4, 0.5) is 11.4 Å². The number of carbonyl (C=O) groups is 2. The summed E-state index contributed by atoms with van der Waals surface area (Å²) in [5.74, 6) is 1.21. The van der Waals surface area contributed by atoms with Crippen molar-refractivity contribution in [2.45, 2.75) is 25.0 Å². The van der Waals surface area contributed by atoms with Crippen LogP contribution in [-0.2, 0) is 16.6 Å². The van der Waals surface area contributed by atoms with Gasteiger partial charge in [0.15, 0.2) is 17.6 Å². The van der Waals surface area contributed by atoms with Crippen LogP contribution in [0.5, 0.6) is 5.75 Å². The van der Waals surface area contributed by atoms with E-state index in [9.17, 15) is 9.59 Å². The first-order valence-electron chi connectivity index (χ1n) is 9.97. The van der Waals surface area contributed by atoms with Crippen molar-refractivity contribution in [1.29, 1.82) is 0 Å². The minimum absolute atomic E-state index is 0.0174. The van der Waals surface area contributed by atoms with Gasteiger partial charge in [0.25, 0.3) is 5.91 Å². The van der Waals surface area contributed by atoms with Gasteiger partial charge in [0.05, 0.1) is 17.5 Å². The Morgan fingerprint density at radius 2 is 2.06 bits per heavy atom. The fourth-order valence-corrected chi connectivity index (χ4v) is 4.75. The molecule has 2 amide bonds. The van der Waals surface area contributed by atoms with Crippen LogP contribution in [0.2, 0.25) is 0 Å². The predicted molar refractivity (Wildman–Crippen MR) is 127 cm³/mol. The second-order valence-electron chi connectivity index (χ2n) is 7.39. The summed E-state index contributed by atoms with van der Waals surface area (Å²) in [4.78, 5) is 26.7. The number of thioether (sulfide) groups is 1. The Morgan fingerprint density at radius 3 is 2.84 bits per heavy atom. The van der Waals surface area contributed by atoms with E-state index in [1.807, 2.05) is 67.9 Å². The maximum absolute atomic E-state index is 12.6. The number of hydrogen-bond donors (Lipinski definition) is 1. The number of anilines is 2. The summed E-state index contributed by atoms with van der Waals surface area (Å²) < 4.78 is 8.31. The Labute approximate surface area is 198 Å². The second kappa shape index (κ2) is 9.33. The number of aromatic nitrogens is 3. The minimum Gasteiger partial charge on any atom is -0.482 e. The van der Waals surface area contributed by atoms with Gasteiger partial charge < -0.3 is 14.6 Å². The number of nitrogens with zero attached hydrogens (tertiary/aromatic N) is 4. The summed E-state index contributed by atoms with van der Waals surface area (Å²) in [7, 11) is 1.84. The molecule has 0 saturated carbocycles. The molecule has 2 heterocycles. The number of aryl methyl sites for hydroxylation is 1. The molecule has 8 nitrogen and oxygen atoms in total. The number of para-hydroxylation sites is 2. The molecule has 4 rings (SSSR count). The summed E-state index contributed by atoms with van der Waals surface area (Å²) in [5.41, 5.74) is 2.45. The first kappa shape index (κ1) is 22.3. The van der Waals surface area contributed by atoms with Gasteiger partial charge in [0.2, 0.25) is 5.91 Å². The highest BCUT2D eigenvalue weighted by atomic mass is 79.9. The van der Waals surface area contributed by atoms with Crippen LogP contribution in [0.15, 0.2) is 52.1 Å². The number of hydrogen-bond acceptors (Lipinski definition) is 6. The van der Waals surface area contributed by atoms with E-state index in [0.717, 1.165) is 15.7 Å². The van der Waals surface area contributed by atoms with Gasteiger partial charge in [-0.2, -0.15) is 0 Å². The van der Waals surface area contributed by atoms with E-state index >= 15 is 0 Å². The molecule has 1 unspecified atom stereocenters. The second-order valence-corrected chi connectivity index (χ2v) is 9.25. The Morgan fingerprint density at radius 1 is 1.28 bits per heavy atom. The molecule has 32 heavy (non-hydrogen) atoms. The van der Waals surface area contributed by atoms with Crippen molar-refractivity contribution < 1.29 is 14.3 Å². The maximum Gasteiger partial charge on any atom is 0.265 e. The van der Waals surface area contributed by atoms with Gasteiger partial charge in [-0.25, -0.2) is 0 Å². The van der Waals surface area contributed by atoms with Gasteiger partial charge in [0.1, 0.15) is 5.75 Å². The van der Waals surface area contributed by atoms with E-state index in [1.54, 1.807) is 4.90 Å². The van der Waals surface area contributed by atoms with Crippen LogP contribution in [0, 0.1) is 6.92 Å². The first-order chi connectivity index (χ1) is 15.3. The molecular weight excluding hydrogens is 494 g/mol. The normalized spacial score (nSPS) is 14.0. The summed E-state index contributed by atoms with van der Waals surface area (Å²) in [5, 5.41) is 12.1. The first-order valence-corrected chi connectivity index (χ1v) is 11.7. The van der Waals surface area contributed by atoms with Gasteiger partial charge in [-0.05, 0) is 49.7 Å². The monoisotopic (exact) mass is 515 g/mol. The molecule has 0 spiro atoms. The third-order valence-electron chi connectivity index (χ3n) is 5.17. The predicted octanol–water partition coefficient (Wildman–Crippen LogP) is 4.10. The number of rotatable bonds is 6. The van der Waals surface area contributed by atoms with E-state index in [-0.39, 0.29) is 30.2 Å². The lowest BCUT2D eigenvalue weighted by atomic mass is 10.1. The number of benzene rings is 2. The largest absolute Gasteiger partial charge is 0.482 e. The molecular formula is C22H22BrN5O3S. The number of ether oxygens (including phenoxy) is 1. The van der Waals surface area contributed by atoms with Crippen LogP contribution in [0.3, 0.4) is 0 Å². The fraction of sp³-hybridized carbons (Fsp3) is 0.273. The molecule has 166 valence electrons. The SMILES string of the molecule is Cc1cc(Br)ccc1NC(=O)CSc1nnc(C(C)N2C(=O)COc3ccccc32)n1C. The minimum atomic E-state index is -0.348. The highest BCUT2D eigenvalue weighted by Crippen LogP contribution is 2.37. The molecule has 0 radical (unpaired) electrons. The smallest absolute Gasteiger partial charge is 0.265 e. The van der Waals surface area contributed by atoms with Gasteiger partial charge >= 0.3 is 0 Å². The highest BCUT2D eigenvalue weighted by Gasteiger charge is 2.32. The van der Waals surface area contributed by atoms with E-state index in [2.05, 4.69) is 31.4 Å². The van der Waals surface area contributed by atoms with Crippen molar-refractivity contribution in [3.63, 3.8) is 0 Å². The van der Waals surface area contributed by atoms with E-state index in [4.69, 9.17) is 4.74 Å². The average molecular weight is 516 g/mol. The quantitative estimate of drug-likeness (QED) is 0.497. The standard InChI is InChI=1S/C22H22BrN5O3S/c1-13-10-15(23)8-9-16(13)24-19(29)12-32-22-26-25-21(27(22)3)14(2)28-17-6-4-5-7-18(17)31-11-20(28)30/h4-10,14H,11-12H2,1-3H3,(H,24,29). The lowest BCUT2D eigenvalue weighted by Crippen LogP contribution is -2.41. The van der Waals surface area contributed by atoms with Crippen molar-refractivity contribution in [2.24, 2.45) is 7.05 Å². The highest BCUT2D eigenvalue weighted by molar-refractivity contribution is 9.10.